The lowest BCUT2D eigenvalue weighted by atomic mass is 9.97. The van der Waals surface area contributed by atoms with E-state index in [2.05, 4.69) is 5.32 Å². The average Bonchev–Trinajstić information content (AvgIpc) is 2.97. The Balaban J connectivity index is 2.00. The Labute approximate surface area is 156 Å². The van der Waals surface area contributed by atoms with Gasteiger partial charge < -0.3 is 24.6 Å². The maximum atomic E-state index is 12.3. The van der Waals surface area contributed by atoms with Gasteiger partial charge in [0.1, 0.15) is 11.4 Å². The molecule has 1 amide bonds. The summed E-state index contributed by atoms with van der Waals surface area (Å²) in [6, 6.07) is 9.44. The summed E-state index contributed by atoms with van der Waals surface area (Å²) < 4.78 is 16.0. The molecule has 1 heterocycles. The number of hydrogen-bond acceptors (Lipinski definition) is 5. The van der Waals surface area contributed by atoms with Crippen LogP contribution in [0.1, 0.15) is 37.9 Å². The summed E-state index contributed by atoms with van der Waals surface area (Å²) in [5.74, 6) is 0.916. The predicted octanol–water partition coefficient (Wildman–Crippen LogP) is 4.39. The molecular weight excluding hydrogens is 358 g/mol. The monoisotopic (exact) mass is 377 g/mol. The molecule has 0 bridgehead atoms. The molecule has 138 valence electrons. The maximum Gasteiger partial charge on any atom is 0.408 e. The molecule has 0 radical (unpaired) electrons. The molecule has 26 heavy (non-hydrogen) atoms. The second-order valence-corrected chi connectivity index (χ2v) is 7.33. The van der Waals surface area contributed by atoms with Crippen molar-refractivity contribution in [3.8, 4) is 17.2 Å². The van der Waals surface area contributed by atoms with Gasteiger partial charge in [0, 0.05) is 16.7 Å². The predicted molar refractivity (Wildman–Crippen MR) is 96.9 cm³/mol. The summed E-state index contributed by atoms with van der Waals surface area (Å²) in [4.78, 5) is 12.3. The van der Waals surface area contributed by atoms with Gasteiger partial charge in [-0.15, -0.1) is 0 Å². The topological polar surface area (TPSA) is 77.0 Å². The number of halogens is 1. The highest BCUT2D eigenvalue weighted by atomic mass is 35.5. The van der Waals surface area contributed by atoms with Crippen molar-refractivity contribution >= 4 is 17.7 Å². The normalized spacial score (nSPS) is 14.0. The molecule has 1 aliphatic rings. The minimum absolute atomic E-state index is 0.0321. The first-order valence-corrected chi connectivity index (χ1v) is 8.48. The Morgan fingerprint density at radius 3 is 2.58 bits per heavy atom. The largest absolute Gasteiger partial charge is 0.507 e. The van der Waals surface area contributed by atoms with Crippen LogP contribution < -0.4 is 14.8 Å². The van der Waals surface area contributed by atoms with Crippen LogP contribution in [0.3, 0.4) is 0 Å². The summed E-state index contributed by atoms with van der Waals surface area (Å²) in [6.45, 7) is 5.41. The van der Waals surface area contributed by atoms with Crippen molar-refractivity contribution in [2.45, 2.75) is 32.4 Å². The Kier molecular flexibility index (Phi) is 4.87. The van der Waals surface area contributed by atoms with E-state index in [0.29, 0.717) is 27.6 Å². The summed E-state index contributed by atoms with van der Waals surface area (Å²) in [6.07, 6.45) is -0.612. The molecule has 7 heteroatoms. The molecule has 0 saturated heterocycles. The van der Waals surface area contributed by atoms with Gasteiger partial charge >= 0.3 is 6.09 Å². The molecule has 6 nitrogen and oxygen atoms in total. The van der Waals surface area contributed by atoms with Crippen LogP contribution in [0.25, 0.3) is 0 Å². The molecule has 0 fully saturated rings. The number of carbonyl (C=O) groups excluding carboxylic acids is 1. The van der Waals surface area contributed by atoms with Gasteiger partial charge in [-0.3, -0.25) is 0 Å². The van der Waals surface area contributed by atoms with E-state index in [1.54, 1.807) is 51.1 Å². The number of alkyl carbamates (subject to hydrolysis) is 1. The number of phenolic OH excluding ortho intramolecular Hbond substituents is 1. The minimum Gasteiger partial charge on any atom is -0.507 e. The van der Waals surface area contributed by atoms with Crippen LogP contribution in [0, 0.1) is 0 Å². The molecule has 3 rings (SSSR count). The molecular formula is C19H20ClNO5. The average molecular weight is 378 g/mol. The van der Waals surface area contributed by atoms with Crippen molar-refractivity contribution in [1.82, 2.24) is 5.32 Å². The summed E-state index contributed by atoms with van der Waals surface area (Å²) in [5.41, 5.74) is 0.486. The van der Waals surface area contributed by atoms with Gasteiger partial charge in [-0.1, -0.05) is 23.7 Å². The zero-order valence-corrected chi connectivity index (χ0v) is 15.5. The number of hydrogen-bond donors (Lipinski definition) is 2. The third-order valence-electron chi connectivity index (χ3n) is 3.68. The van der Waals surface area contributed by atoms with Crippen molar-refractivity contribution in [2.75, 3.05) is 6.79 Å². The lowest BCUT2D eigenvalue weighted by Gasteiger charge is -2.25. The Hall–Kier alpha value is -2.60. The van der Waals surface area contributed by atoms with Crippen LogP contribution in [0.4, 0.5) is 4.79 Å². The molecule has 1 aliphatic heterocycles. The summed E-state index contributed by atoms with van der Waals surface area (Å²) >= 11 is 6.10. The molecule has 0 unspecified atom stereocenters. The van der Waals surface area contributed by atoms with Gasteiger partial charge in [0.15, 0.2) is 11.5 Å². The van der Waals surface area contributed by atoms with Crippen molar-refractivity contribution < 1.29 is 24.1 Å². The first kappa shape index (κ1) is 18.2. The van der Waals surface area contributed by atoms with Crippen molar-refractivity contribution in [3.63, 3.8) is 0 Å². The van der Waals surface area contributed by atoms with Crippen molar-refractivity contribution in [2.24, 2.45) is 0 Å². The van der Waals surface area contributed by atoms with E-state index >= 15 is 0 Å². The second kappa shape index (κ2) is 6.96. The number of benzene rings is 2. The van der Waals surface area contributed by atoms with Gasteiger partial charge in [-0.05, 0) is 44.5 Å². The fourth-order valence-electron chi connectivity index (χ4n) is 2.63. The van der Waals surface area contributed by atoms with Crippen LogP contribution >= 0.6 is 11.6 Å². The lowest BCUT2D eigenvalue weighted by Crippen LogP contribution is -2.35. The van der Waals surface area contributed by atoms with Gasteiger partial charge in [0.05, 0.1) is 6.04 Å². The number of rotatable bonds is 3. The van der Waals surface area contributed by atoms with Gasteiger partial charge in [-0.25, -0.2) is 4.79 Å². The van der Waals surface area contributed by atoms with E-state index in [1.165, 1.54) is 6.07 Å². The standard InChI is InChI=1S/C19H20ClNO5/c1-19(2,3)26-18(23)21-17(11-5-4-6-12(20)7-11)13-8-15-16(9-14(13)22)25-10-24-15/h4-9,17,22H,10H2,1-3H3,(H,21,23)/t17-/m1/s1. The quantitative estimate of drug-likeness (QED) is 0.829. The smallest absolute Gasteiger partial charge is 0.408 e. The van der Waals surface area contributed by atoms with Gasteiger partial charge in [0.25, 0.3) is 0 Å². The zero-order chi connectivity index (χ0) is 18.9. The summed E-state index contributed by atoms with van der Waals surface area (Å²) in [7, 11) is 0. The van der Waals surface area contributed by atoms with E-state index in [1.807, 2.05) is 0 Å². The van der Waals surface area contributed by atoms with Gasteiger partial charge in [-0.2, -0.15) is 0 Å². The lowest BCUT2D eigenvalue weighted by molar-refractivity contribution is 0.0512. The van der Waals surface area contributed by atoms with E-state index in [9.17, 15) is 9.90 Å². The maximum absolute atomic E-state index is 12.3. The first-order valence-electron chi connectivity index (χ1n) is 8.10. The zero-order valence-electron chi connectivity index (χ0n) is 14.7. The minimum atomic E-state index is -0.682. The van der Waals surface area contributed by atoms with Crippen LogP contribution in [0.15, 0.2) is 36.4 Å². The number of aromatic hydroxyl groups is 1. The molecule has 1 atom stereocenters. The molecule has 2 aromatic rings. The highest BCUT2D eigenvalue weighted by Gasteiger charge is 2.27. The van der Waals surface area contributed by atoms with Crippen LogP contribution in [-0.4, -0.2) is 23.6 Å². The second-order valence-electron chi connectivity index (χ2n) is 6.90. The fourth-order valence-corrected chi connectivity index (χ4v) is 2.83. The third kappa shape index (κ3) is 4.14. The highest BCUT2D eigenvalue weighted by molar-refractivity contribution is 6.30. The van der Waals surface area contributed by atoms with E-state index in [-0.39, 0.29) is 12.5 Å². The molecule has 2 N–H and O–H groups in total. The number of carbonyl (C=O) groups is 1. The van der Waals surface area contributed by atoms with Crippen molar-refractivity contribution in [1.29, 1.82) is 0 Å². The number of nitrogens with one attached hydrogen (secondary N) is 1. The Bertz CT molecular complexity index is 831. The molecule has 0 spiro atoms. The summed E-state index contributed by atoms with van der Waals surface area (Å²) in [5, 5.41) is 13.8. The van der Waals surface area contributed by atoms with E-state index in [4.69, 9.17) is 25.8 Å². The van der Waals surface area contributed by atoms with Crippen LogP contribution in [-0.2, 0) is 4.74 Å². The molecule has 2 aromatic carbocycles. The van der Waals surface area contributed by atoms with Gasteiger partial charge in [0.2, 0.25) is 6.79 Å². The number of fused-ring (bicyclic) bond motifs is 1. The van der Waals surface area contributed by atoms with E-state index < -0.39 is 17.7 Å². The number of amides is 1. The highest BCUT2D eigenvalue weighted by Crippen LogP contribution is 2.41. The SMILES string of the molecule is CC(C)(C)OC(=O)N[C@H](c1cccc(Cl)c1)c1cc2c(cc1O)OCO2. The Morgan fingerprint density at radius 1 is 1.23 bits per heavy atom. The fraction of sp³-hybridized carbons (Fsp3) is 0.316. The van der Waals surface area contributed by atoms with Crippen molar-refractivity contribution in [3.05, 3.63) is 52.5 Å². The third-order valence-corrected chi connectivity index (χ3v) is 3.91. The van der Waals surface area contributed by atoms with Crippen LogP contribution in [0.2, 0.25) is 5.02 Å². The number of ether oxygens (including phenoxy) is 3. The molecule has 0 aliphatic carbocycles. The molecule has 0 saturated carbocycles. The van der Waals surface area contributed by atoms with E-state index in [0.717, 1.165) is 0 Å². The molecule has 0 aromatic heterocycles. The Morgan fingerprint density at radius 2 is 1.92 bits per heavy atom. The first-order chi connectivity index (χ1) is 12.2. The van der Waals surface area contributed by atoms with Crippen LogP contribution in [0.5, 0.6) is 17.2 Å². The number of phenols is 1.